The Morgan fingerprint density at radius 2 is 1.79 bits per heavy atom. The highest BCUT2D eigenvalue weighted by atomic mass is 19.1. The third-order valence-corrected chi connectivity index (χ3v) is 2.97. The van der Waals surface area contributed by atoms with Gasteiger partial charge in [0.25, 0.3) is 0 Å². The van der Waals surface area contributed by atoms with E-state index in [2.05, 4.69) is 23.2 Å². The van der Waals surface area contributed by atoms with Crippen molar-refractivity contribution in [2.24, 2.45) is 0 Å². The molecule has 0 spiro atoms. The Hall–Kier alpha value is -2.42. The summed E-state index contributed by atoms with van der Waals surface area (Å²) in [7, 11) is 0. The normalized spacial score (nSPS) is 10.6. The minimum Gasteiger partial charge on any atom is -0.487 e. The predicted octanol–water partition coefficient (Wildman–Crippen LogP) is 3.95. The van der Waals surface area contributed by atoms with Gasteiger partial charge in [0.15, 0.2) is 0 Å². The Balaban J connectivity index is 1.84. The zero-order valence-corrected chi connectivity index (χ0v) is 10.2. The number of aromatic nitrogens is 1. The van der Waals surface area contributed by atoms with Crippen LogP contribution in [0.25, 0.3) is 10.8 Å². The van der Waals surface area contributed by atoms with Crippen molar-refractivity contribution in [2.45, 2.75) is 6.61 Å². The maximum absolute atomic E-state index is 12.7. The highest BCUT2D eigenvalue weighted by molar-refractivity contribution is 5.85. The number of ether oxygens (including phenoxy) is 1. The largest absolute Gasteiger partial charge is 0.487 e. The van der Waals surface area contributed by atoms with Crippen LogP contribution in [0.5, 0.6) is 5.75 Å². The first-order valence-corrected chi connectivity index (χ1v) is 6.04. The number of hydrogen-bond donors (Lipinski definition) is 0. The minimum atomic E-state index is -0.502. The van der Waals surface area contributed by atoms with E-state index in [1.807, 2.05) is 24.3 Å². The maximum Gasteiger partial charge on any atom is 0.213 e. The molecule has 1 heterocycles. The molecule has 0 saturated heterocycles. The number of fused-ring (bicyclic) bond motifs is 1. The van der Waals surface area contributed by atoms with Crippen molar-refractivity contribution < 1.29 is 9.13 Å². The van der Waals surface area contributed by atoms with E-state index >= 15 is 0 Å². The van der Waals surface area contributed by atoms with Gasteiger partial charge < -0.3 is 4.74 Å². The summed E-state index contributed by atoms with van der Waals surface area (Å²) >= 11 is 0. The highest BCUT2D eigenvalue weighted by Gasteiger charge is 2.02. The van der Waals surface area contributed by atoms with Gasteiger partial charge in [-0.05, 0) is 28.5 Å². The third-order valence-electron chi connectivity index (χ3n) is 2.97. The molecule has 0 amide bonds. The first-order valence-electron chi connectivity index (χ1n) is 6.04. The molecule has 0 fully saturated rings. The molecule has 3 aromatic rings. The van der Waals surface area contributed by atoms with Crippen LogP contribution in [0.1, 0.15) is 5.56 Å². The molecule has 0 aliphatic carbocycles. The van der Waals surface area contributed by atoms with Gasteiger partial charge in [0.2, 0.25) is 5.95 Å². The van der Waals surface area contributed by atoms with Gasteiger partial charge in [-0.25, -0.2) is 4.98 Å². The van der Waals surface area contributed by atoms with Crippen molar-refractivity contribution in [3.05, 3.63) is 72.3 Å². The van der Waals surface area contributed by atoms with E-state index in [1.54, 1.807) is 6.07 Å². The SMILES string of the molecule is Fc1ccc(OCc2cccc3ccccc23)cn1. The molecule has 19 heavy (non-hydrogen) atoms. The molecule has 0 unspecified atom stereocenters. The lowest BCUT2D eigenvalue weighted by molar-refractivity contribution is 0.305. The number of benzene rings is 2. The van der Waals surface area contributed by atoms with Crippen LogP contribution in [0.3, 0.4) is 0 Å². The Morgan fingerprint density at radius 3 is 2.63 bits per heavy atom. The monoisotopic (exact) mass is 253 g/mol. The highest BCUT2D eigenvalue weighted by Crippen LogP contribution is 2.20. The summed E-state index contributed by atoms with van der Waals surface area (Å²) in [5.74, 6) is 0.0619. The topological polar surface area (TPSA) is 22.1 Å². The second-order valence-electron chi connectivity index (χ2n) is 4.24. The molecule has 3 rings (SSSR count). The molecule has 1 aromatic heterocycles. The summed E-state index contributed by atoms with van der Waals surface area (Å²) in [6, 6.07) is 17.1. The molecule has 0 bridgehead atoms. The number of rotatable bonds is 3. The van der Waals surface area contributed by atoms with Gasteiger partial charge in [-0.2, -0.15) is 4.39 Å². The molecule has 2 aromatic carbocycles. The van der Waals surface area contributed by atoms with Gasteiger partial charge >= 0.3 is 0 Å². The molecule has 0 atom stereocenters. The van der Waals surface area contributed by atoms with Crippen molar-refractivity contribution in [3.63, 3.8) is 0 Å². The fourth-order valence-electron chi connectivity index (χ4n) is 2.03. The summed E-state index contributed by atoms with van der Waals surface area (Å²) in [5, 5.41) is 2.35. The first kappa shape index (κ1) is 11.7. The third kappa shape index (κ3) is 2.55. The summed E-state index contributed by atoms with van der Waals surface area (Å²) < 4.78 is 18.3. The van der Waals surface area contributed by atoms with Gasteiger partial charge in [0, 0.05) is 0 Å². The fourth-order valence-corrected chi connectivity index (χ4v) is 2.03. The van der Waals surface area contributed by atoms with Crippen molar-refractivity contribution >= 4 is 10.8 Å². The van der Waals surface area contributed by atoms with Gasteiger partial charge in [0.1, 0.15) is 12.4 Å². The Bertz CT molecular complexity index is 689. The lowest BCUT2D eigenvalue weighted by atomic mass is 10.1. The van der Waals surface area contributed by atoms with E-state index in [0.29, 0.717) is 12.4 Å². The van der Waals surface area contributed by atoms with Gasteiger partial charge in [-0.1, -0.05) is 42.5 Å². The van der Waals surface area contributed by atoms with Crippen LogP contribution in [-0.2, 0) is 6.61 Å². The summed E-state index contributed by atoms with van der Waals surface area (Å²) in [4.78, 5) is 3.56. The molecule has 3 heteroatoms. The lowest BCUT2D eigenvalue weighted by Crippen LogP contribution is -1.97. The standard InChI is InChI=1S/C16H12FNO/c17-16-9-8-14(10-18-16)19-11-13-6-3-5-12-4-1-2-7-15(12)13/h1-10H,11H2. The molecule has 94 valence electrons. The van der Waals surface area contributed by atoms with E-state index in [-0.39, 0.29) is 0 Å². The number of halogens is 1. The predicted molar refractivity (Wildman–Crippen MR) is 72.5 cm³/mol. The average Bonchev–Trinajstić information content (AvgIpc) is 2.47. The summed E-state index contributed by atoms with van der Waals surface area (Å²) in [6.45, 7) is 0.439. The molecule has 0 saturated carbocycles. The van der Waals surface area contributed by atoms with E-state index in [4.69, 9.17) is 4.74 Å². The van der Waals surface area contributed by atoms with Crippen LogP contribution in [0.2, 0.25) is 0 Å². The summed E-state index contributed by atoms with van der Waals surface area (Å²) in [5.41, 5.74) is 1.10. The smallest absolute Gasteiger partial charge is 0.213 e. The van der Waals surface area contributed by atoms with Gasteiger partial charge in [-0.15, -0.1) is 0 Å². The maximum atomic E-state index is 12.7. The lowest BCUT2D eigenvalue weighted by Gasteiger charge is -2.08. The number of hydrogen-bond acceptors (Lipinski definition) is 2. The molecule has 0 aliphatic rings. The van der Waals surface area contributed by atoms with E-state index < -0.39 is 5.95 Å². The van der Waals surface area contributed by atoms with Crippen LogP contribution in [0.4, 0.5) is 4.39 Å². The molecular weight excluding hydrogens is 241 g/mol. The average molecular weight is 253 g/mol. The van der Waals surface area contributed by atoms with Crippen LogP contribution in [-0.4, -0.2) is 4.98 Å². The Morgan fingerprint density at radius 1 is 0.947 bits per heavy atom. The molecular formula is C16H12FNO. The zero-order valence-electron chi connectivity index (χ0n) is 10.2. The Labute approximate surface area is 110 Å². The number of pyridine rings is 1. The zero-order chi connectivity index (χ0) is 13.1. The van der Waals surface area contributed by atoms with E-state index in [9.17, 15) is 4.39 Å². The molecule has 2 nitrogen and oxygen atoms in total. The number of nitrogens with zero attached hydrogens (tertiary/aromatic N) is 1. The second-order valence-corrected chi connectivity index (χ2v) is 4.24. The van der Waals surface area contributed by atoms with Gasteiger partial charge in [-0.3, -0.25) is 0 Å². The Kier molecular flexibility index (Phi) is 3.11. The minimum absolute atomic E-state index is 0.439. The fraction of sp³-hybridized carbons (Fsp3) is 0.0625. The van der Waals surface area contributed by atoms with Crippen molar-refractivity contribution in [1.29, 1.82) is 0 Å². The molecule has 0 radical (unpaired) electrons. The van der Waals surface area contributed by atoms with Crippen molar-refractivity contribution in [1.82, 2.24) is 4.98 Å². The van der Waals surface area contributed by atoms with Crippen molar-refractivity contribution in [2.75, 3.05) is 0 Å². The van der Waals surface area contributed by atoms with E-state index in [1.165, 1.54) is 23.0 Å². The van der Waals surface area contributed by atoms with Crippen molar-refractivity contribution in [3.8, 4) is 5.75 Å². The first-order chi connectivity index (χ1) is 9.33. The second kappa shape index (κ2) is 5.06. The molecule has 0 N–H and O–H groups in total. The quantitative estimate of drug-likeness (QED) is 0.659. The van der Waals surface area contributed by atoms with Crippen LogP contribution in [0.15, 0.2) is 60.8 Å². The summed E-state index contributed by atoms with van der Waals surface area (Å²) in [6.07, 6.45) is 1.39. The van der Waals surface area contributed by atoms with E-state index in [0.717, 1.165) is 5.56 Å². The van der Waals surface area contributed by atoms with Gasteiger partial charge in [0.05, 0.1) is 6.20 Å². The van der Waals surface area contributed by atoms with Crippen LogP contribution in [0, 0.1) is 5.95 Å². The van der Waals surface area contributed by atoms with Crippen LogP contribution >= 0.6 is 0 Å². The molecule has 0 aliphatic heterocycles. The van der Waals surface area contributed by atoms with Crippen LogP contribution < -0.4 is 4.74 Å².